The van der Waals surface area contributed by atoms with Crippen molar-refractivity contribution in [1.82, 2.24) is 19.8 Å². The van der Waals surface area contributed by atoms with Gasteiger partial charge < -0.3 is 15.7 Å². The quantitative estimate of drug-likeness (QED) is 0.717. The number of amides is 1. The van der Waals surface area contributed by atoms with Crippen LogP contribution in [0.5, 0.6) is 0 Å². The summed E-state index contributed by atoms with van der Waals surface area (Å²) in [7, 11) is 1.88. The average molecular weight is 383 g/mol. The minimum absolute atomic E-state index is 0.160. The van der Waals surface area contributed by atoms with E-state index in [-0.39, 0.29) is 18.4 Å². The molecule has 7 nitrogen and oxygen atoms in total. The molecule has 0 bridgehead atoms. The van der Waals surface area contributed by atoms with Gasteiger partial charge >= 0.3 is 0 Å². The van der Waals surface area contributed by atoms with Crippen LogP contribution in [-0.4, -0.2) is 63.1 Å². The number of anilines is 1. The highest BCUT2D eigenvalue weighted by molar-refractivity contribution is 5.86. The lowest BCUT2D eigenvalue weighted by atomic mass is 9.90. The molecule has 1 aliphatic heterocycles. The first-order valence-electron chi connectivity index (χ1n) is 9.77. The second-order valence-corrected chi connectivity index (χ2v) is 7.64. The molecule has 1 atom stereocenters. The Morgan fingerprint density at radius 3 is 2.64 bits per heavy atom. The largest absolute Gasteiger partial charge is 0.379 e. The second kappa shape index (κ2) is 9.12. The monoisotopic (exact) mass is 383 g/mol. The fourth-order valence-corrected chi connectivity index (χ4v) is 3.80. The molecule has 0 radical (unpaired) electrons. The SMILES string of the molecule is CN(Cc1cnc(N)nc1)C[C@]1(O)CCCN(CCCc2ccccc2)C1=O. The highest BCUT2D eigenvalue weighted by Gasteiger charge is 2.42. The summed E-state index contributed by atoms with van der Waals surface area (Å²) in [5.74, 6) is 0.0749. The summed E-state index contributed by atoms with van der Waals surface area (Å²) < 4.78 is 0. The summed E-state index contributed by atoms with van der Waals surface area (Å²) in [6, 6.07) is 10.3. The number of nitrogens with zero attached hydrogens (tertiary/aromatic N) is 4. The first-order chi connectivity index (χ1) is 13.5. The highest BCUT2D eigenvalue weighted by atomic mass is 16.3. The van der Waals surface area contributed by atoms with E-state index in [4.69, 9.17) is 5.73 Å². The van der Waals surface area contributed by atoms with Crippen LogP contribution in [0.2, 0.25) is 0 Å². The molecule has 28 heavy (non-hydrogen) atoms. The molecule has 0 aliphatic carbocycles. The van der Waals surface area contributed by atoms with Crippen molar-refractivity contribution < 1.29 is 9.90 Å². The predicted molar refractivity (Wildman–Crippen MR) is 108 cm³/mol. The van der Waals surface area contributed by atoms with E-state index in [9.17, 15) is 9.90 Å². The molecule has 2 aromatic rings. The number of aryl methyl sites for hydroxylation is 1. The first kappa shape index (κ1) is 20.2. The van der Waals surface area contributed by atoms with Crippen LogP contribution in [0.25, 0.3) is 0 Å². The van der Waals surface area contributed by atoms with Crippen LogP contribution in [0.15, 0.2) is 42.7 Å². The molecule has 1 aromatic carbocycles. The van der Waals surface area contributed by atoms with Gasteiger partial charge in [-0.2, -0.15) is 0 Å². The van der Waals surface area contributed by atoms with Crippen LogP contribution in [0.4, 0.5) is 5.95 Å². The van der Waals surface area contributed by atoms with Crippen molar-refractivity contribution in [3.05, 3.63) is 53.9 Å². The molecule has 3 rings (SSSR count). The molecular formula is C21H29N5O2. The second-order valence-electron chi connectivity index (χ2n) is 7.64. The topological polar surface area (TPSA) is 95.6 Å². The number of rotatable bonds is 8. The van der Waals surface area contributed by atoms with Gasteiger partial charge in [0, 0.05) is 44.1 Å². The molecule has 3 N–H and O–H groups in total. The van der Waals surface area contributed by atoms with Crippen molar-refractivity contribution >= 4 is 11.9 Å². The lowest BCUT2D eigenvalue weighted by Gasteiger charge is -2.40. The Balaban J connectivity index is 1.53. The van der Waals surface area contributed by atoms with Gasteiger partial charge in [-0.25, -0.2) is 9.97 Å². The molecule has 1 amide bonds. The number of nitrogen functional groups attached to an aromatic ring is 1. The number of benzene rings is 1. The molecule has 1 aromatic heterocycles. The van der Waals surface area contributed by atoms with E-state index in [2.05, 4.69) is 22.1 Å². The van der Waals surface area contributed by atoms with Crippen LogP contribution in [0.3, 0.4) is 0 Å². The van der Waals surface area contributed by atoms with E-state index < -0.39 is 5.60 Å². The maximum absolute atomic E-state index is 12.9. The number of hydrogen-bond acceptors (Lipinski definition) is 6. The van der Waals surface area contributed by atoms with E-state index in [1.165, 1.54) is 5.56 Å². The van der Waals surface area contributed by atoms with Crippen LogP contribution in [-0.2, 0) is 17.8 Å². The van der Waals surface area contributed by atoms with Crippen molar-refractivity contribution in [1.29, 1.82) is 0 Å². The van der Waals surface area contributed by atoms with Gasteiger partial charge in [0.25, 0.3) is 5.91 Å². The maximum atomic E-state index is 12.9. The van der Waals surface area contributed by atoms with Gasteiger partial charge in [-0.1, -0.05) is 30.3 Å². The first-order valence-corrected chi connectivity index (χ1v) is 9.77. The maximum Gasteiger partial charge on any atom is 0.255 e. The fourth-order valence-electron chi connectivity index (χ4n) is 3.80. The number of likely N-dealkylation sites (N-methyl/N-ethyl adjacent to an activating group) is 1. The van der Waals surface area contributed by atoms with Crippen LogP contribution in [0.1, 0.15) is 30.4 Å². The van der Waals surface area contributed by atoms with Crippen molar-refractivity contribution in [2.75, 3.05) is 32.4 Å². The van der Waals surface area contributed by atoms with Crippen molar-refractivity contribution in [3.8, 4) is 0 Å². The van der Waals surface area contributed by atoms with Gasteiger partial charge in [0.1, 0.15) is 0 Å². The Kier molecular flexibility index (Phi) is 6.59. The third-order valence-corrected chi connectivity index (χ3v) is 5.15. The number of carbonyl (C=O) groups is 1. The summed E-state index contributed by atoms with van der Waals surface area (Å²) in [5.41, 5.74) is 6.34. The summed E-state index contributed by atoms with van der Waals surface area (Å²) in [6.45, 7) is 2.21. The number of likely N-dealkylation sites (tertiary alicyclic amines) is 1. The summed E-state index contributed by atoms with van der Waals surface area (Å²) >= 11 is 0. The lowest BCUT2D eigenvalue weighted by molar-refractivity contribution is -0.159. The van der Waals surface area contributed by atoms with E-state index in [0.29, 0.717) is 26.1 Å². The number of nitrogens with two attached hydrogens (primary N) is 1. The predicted octanol–water partition coefficient (Wildman–Crippen LogP) is 1.48. The van der Waals surface area contributed by atoms with Crippen molar-refractivity contribution in [3.63, 3.8) is 0 Å². The minimum Gasteiger partial charge on any atom is -0.379 e. The molecular weight excluding hydrogens is 354 g/mol. The standard InChI is InChI=1S/C21H29N5O2/c1-25(15-18-13-23-20(22)24-14-18)16-21(28)10-6-12-26(19(21)27)11-5-9-17-7-3-2-4-8-17/h2-4,7-8,13-14,28H,5-6,9-12,15-16H2,1H3,(H2,22,23,24)/t21-/m1/s1. The Bertz CT molecular complexity index is 768. The van der Waals surface area contributed by atoms with Gasteiger partial charge in [-0.3, -0.25) is 9.69 Å². The van der Waals surface area contributed by atoms with Gasteiger partial charge in [0.15, 0.2) is 5.60 Å². The molecule has 0 unspecified atom stereocenters. The highest BCUT2D eigenvalue weighted by Crippen LogP contribution is 2.24. The Hall–Kier alpha value is -2.51. The zero-order valence-electron chi connectivity index (χ0n) is 16.4. The number of piperidine rings is 1. The molecule has 1 aliphatic rings. The zero-order chi connectivity index (χ0) is 20.0. The summed E-state index contributed by atoms with van der Waals surface area (Å²) in [6.07, 6.45) is 6.46. The molecule has 1 saturated heterocycles. The van der Waals surface area contributed by atoms with Crippen molar-refractivity contribution in [2.45, 2.75) is 37.8 Å². The summed E-state index contributed by atoms with van der Waals surface area (Å²) in [4.78, 5) is 24.6. The van der Waals surface area contributed by atoms with Crippen molar-refractivity contribution in [2.24, 2.45) is 0 Å². The van der Waals surface area contributed by atoms with E-state index >= 15 is 0 Å². The number of aliphatic hydroxyl groups is 1. The molecule has 0 spiro atoms. The molecule has 2 heterocycles. The zero-order valence-corrected chi connectivity index (χ0v) is 16.4. The Labute approximate surface area is 166 Å². The third kappa shape index (κ3) is 5.27. The lowest BCUT2D eigenvalue weighted by Crippen LogP contribution is -2.58. The number of hydrogen-bond donors (Lipinski definition) is 2. The van der Waals surface area contributed by atoms with Gasteiger partial charge in [0.05, 0.1) is 0 Å². The Morgan fingerprint density at radius 2 is 1.93 bits per heavy atom. The smallest absolute Gasteiger partial charge is 0.255 e. The molecule has 150 valence electrons. The molecule has 7 heteroatoms. The van der Waals surface area contributed by atoms with E-state index in [0.717, 1.165) is 24.8 Å². The fraction of sp³-hybridized carbons (Fsp3) is 0.476. The molecule has 0 saturated carbocycles. The molecule has 1 fully saturated rings. The van der Waals surface area contributed by atoms with Gasteiger partial charge in [-0.05, 0) is 38.3 Å². The van der Waals surface area contributed by atoms with Crippen LogP contribution >= 0.6 is 0 Å². The number of aromatic nitrogens is 2. The normalized spacial score (nSPS) is 20.0. The van der Waals surface area contributed by atoms with Gasteiger partial charge in [0.2, 0.25) is 5.95 Å². The van der Waals surface area contributed by atoms with Crippen LogP contribution in [0, 0.1) is 0 Å². The third-order valence-electron chi connectivity index (χ3n) is 5.15. The summed E-state index contributed by atoms with van der Waals surface area (Å²) in [5, 5.41) is 11.0. The van der Waals surface area contributed by atoms with Crippen LogP contribution < -0.4 is 5.73 Å². The van der Waals surface area contributed by atoms with E-state index in [1.54, 1.807) is 12.4 Å². The minimum atomic E-state index is -1.34. The average Bonchev–Trinajstić information content (AvgIpc) is 2.68. The van der Waals surface area contributed by atoms with Gasteiger partial charge in [-0.15, -0.1) is 0 Å². The number of carbonyl (C=O) groups excluding carboxylic acids is 1. The Morgan fingerprint density at radius 1 is 1.21 bits per heavy atom. The van der Waals surface area contributed by atoms with E-state index in [1.807, 2.05) is 35.0 Å².